The molecule has 1 heterocycles. The van der Waals surface area contributed by atoms with E-state index in [9.17, 15) is 10.2 Å². The van der Waals surface area contributed by atoms with Crippen molar-refractivity contribution in [2.75, 3.05) is 30.5 Å². The maximum atomic E-state index is 9.96. The fourth-order valence-corrected chi connectivity index (χ4v) is 6.12. The van der Waals surface area contributed by atoms with Gasteiger partial charge in [0, 0.05) is 6.61 Å². The molecule has 4 nitrogen and oxygen atoms in total. The van der Waals surface area contributed by atoms with E-state index < -0.39 is 12.2 Å². The molecule has 146 valence electrons. The van der Waals surface area contributed by atoms with Crippen molar-refractivity contribution in [1.82, 2.24) is 0 Å². The first kappa shape index (κ1) is 24.5. The molecular weight excluding hydrogens is 348 g/mol. The zero-order valence-electron chi connectivity index (χ0n) is 14.9. The van der Waals surface area contributed by atoms with Gasteiger partial charge in [0.05, 0.1) is 18.6 Å². The van der Waals surface area contributed by atoms with E-state index in [1.165, 1.54) is 57.1 Å². The van der Waals surface area contributed by atoms with Gasteiger partial charge in [-0.3, -0.25) is 0 Å². The normalized spacial score (nSPS) is 24.8. The van der Waals surface area contributed by atoms with E-state index in [0.29, 0.717) is 6.61 Å². The van der Waals surface area contributed by atoms with Crippen molar-refractivity contribution in [3.8, 4) is 0 Å². The monoisotopic (exact) mass is 384 g/mol. The highest BCUT2D eigenvalue weighted by atomic mass is 35.5. The predicted molar refractivity (Wildman–Crippen MR) is 97.8 cm³/mol. The summed E-state index contributed by atoms with van der Waals surface area (Å²) in [5.41, 5.74) is 0. The van der Waals surface area contributed by atoms with E-state index in [2.05, 4.69) is 0 Å². The highest BCUT2D eigenvalue weighted by molar-refractivity contribution is 7.97. The lowest BCUT2D eigenvalue weighted by molar-refractivity contribution is -0.0000343. The molecule has 4 atom stereocenters. The number of hydrogen-bond acceptors (Lipinski definition) is 4. The van der Waals surface area contributed by atoms with Crippen LogP contribution in [0.5, 0.6) is 0 Å². The third kappa shape index (κ3) is 10.5. The molecule has 0 radical (unpaired) electrons. The molecule has 0 aromatic carbocycles. The molecule has 1 rings (SSSR count). The smallest absolute Gasteiger partial charge is 0.134 e. The molecule has 0 bridgehead atoms. The van der Waals surface area contributed by atoms with Gasteiger partial charge >= 0.3 is 0 Å². The summed E-state index contributed by atoms with van der Waals surface area (Å²) in [6, 6.07) is 0. The van der Waals surface area contributed by atoms with Gasteiger partial charge in [-0.2, -0.15) is 0 Å². The molecule has 1 aliphatic heterocycles. The zero-order chi connectivity index (χ0) is 16.9. The van der Waals surface area contributed by atoms with Crippen LogP contribution in [0, 0.1) is 5.92 Å². The molecule has 24 heavy (non-hydrogen) atoms. The van der Waals surface area contributed by atoms with Gasteiger partial charge in [-0.05, 0) is 30.2 Å². The molecule has 0 aliphatic carbocycles. The van der Waals surface area contributed by atoms with Crippen molar-refractivity contribution >= 4 is 10.9 Å². The summed E-state index contributed by atoms with van der Waals surface area (Å²) in [4.78, 5) is 0. The van der Waals surface area contributed by atoms with E-state index in [1.807, 2.05) is 0 Å². The van der Waals surface area contributed by atoms with Gasteiger partial charge in [-0.1, -0.05) is 44.9 Å². The number of aliphatic hydroxyl groups is 4. The van der Waals surface area contributed by atoms with E-state index in [4.69, 9.17) is 10.2 Å². The van der Waals surface area contributed by atoms with E-state index in [0.717, 1.165) is 24.3 Å². The van der Waals surface area contributed by atoms with Crippen LogP contribution in [0.3, 0.4) is 0 Å². The fraction of sp³-hybridized carbons (Fsp3) is 1.00. The van der Waals surface area contributed by atoms with Crippen LogP contribution in [0.15, 0.2) is 0 Å². The largest absolute Gasteiger partial charge is 1.00 e. The summed E-state index contributed by atoms with van der Waals surface area (Å²) in [7, 11) is 0.235. The molecule has 0 saturated carbocycles. The van der Waals surface area contributed by atoms with Crippen LogP contribution < -0.4 is 12.4 Å². The van der Waals surface area contributed by atoms with Crippen LogP contribution in [-0.4, -0.2) is 63.1 Å². The van der Waals surface area contributed by atoms with Gasteiger partial charge in [0.25, 0.3) is 0 Å². The topological polar surface area (TPSA) is 80.9 Å². The first-order valence-corrected chi connectivity index (χ1v) is 11.1. The lowest BCUT2D eigenvalue weighted by atomic mass is 10.0. The van der Waals surface area contributed by atoms with Gasteiger partial charge in [-0.15, -0.1) is 0 Å². The summed E-state index contributed by atoms with van der Waals surface area (Å²) in [6.07, 6.45) is 11.3. The van der Waals surface area contributed by atoms with Gasteiger partial charge < -0.3 is 32.8 Å². The Morgan fingerprint density at radius 3 is 1.79 bits per heavy atom. The van der Waals surface area contributed by atoms with Crippen LogP contribution in [0.2, 0.25) is 0 Å². The van der Waals surface area contributed by atoms with Gasteiger partial charge in [0.1, 0.15) is 23.4 Å². The summed E-state index contributed by atoms with van der Waals surface area (Å²) >= 11 is 0. The fourth-order valence-electron chi connectivity index (χ4n) is 3.32. The van der Waals surface area contributed by atoms with Crippen molar-refractivity contribution in [2.24, 2.45) is 5.92 Å². The standard InChI is InChI=1S/C18H37O4S.ClH/c19-11-9-7-5-3-1-2-4-6-8-10-12-23-14-16(17(21)13-20)18(22)15-23;/h16-22H,1-15H2;1H/q+1;/p-1/t16-,17-,18-,23?;/m1./s1. The van der Waals surface area contributed by atoms with Crippen molar-refractivity contribution in [1.29, 1.82) is 0 Å². The Kier molecular flexibility index (Phi) is 16.0. The molecule has 6 heteroatoms. The average Bonchev–Trinajstić information content (AvgIpc) is 2.92. The number of halogens is 1. The van der Waals surface area contributed by atoms with E-state index in [1.54, 1.807) is 0 Å². The minimum Gasteiger partial charge on any atom is -1.00 e. The van der Waals surface area contributed by atoms with Gasteiger partial charge in [0.2, 0.25) is 0 Å². The number of rotatable bonds is 14. The maximum absolute atomic E-state index is 9.96. The Morgan fingerprint density at radius 2 is 1.29 bits per heavy atom. The highest BCUT2D eigenvalue weighted by Crippen LogP contribution is 2.25. The Hall–Kier alpha value is 0.480. The lowest BCUT2D eigenvalue weighted by Gasteiger charge is -2.15. The van der Waals surface area contributed by atoms with Crippen molar-refractivity contribution in [2.45, 2.75) is 76.4 Å². The lowest BCUT2D eigenvalue weighted by Crippen LogP contribution is -3.00. The molecule has 4 N–H and O–H groups in total. The number of aliphatic hydroxyl groups excluding tert-OH is 4. The van der Waals surface area contributed by atoms with Crippen LogP contribution in [0.25, 0.3) is 0 Å². The van der Waals surface area contributed by atoms with Gasteiger partial charge in [0.15, 0.2) is 0 Å². The molecule has 1 aliphatic rings. The van der Waals surface area contributed by atoms with Crippen molar-refractivity contribution < 1.29 is 32.8 Å². The zero-order valence-corrected chi connectivity index (χ0v) is 16.5. The van der Waals surface area contributed by atoms with E-state index in [-0.39, 0.29) is 35.8 Å². The Labute approximate surface area is 156 Å². The van der Waals surface area contributed by atoms with Crippen LogP contribution in [0.4, 0.5) is 0 Å². The third-order valence-electron chi connectivity index (χ3n) is 4.85. The predicted octanol–water partition coefficient (Wildman–Crippen LogP) is -1.15. The first-order valence-electron chi connectivity index (χ1n) is 9.41. The molecule has 1 saturated heterocycles. The number of unbranched alkanes of at least 4 members (excludes halogenated alkanes) is 9. The SMILES string of the molecule is OCCCCCCCCCCCC[S+]1C[C@H]([C@H](O)CO)[C@H](O)C1.[Cl-]. The Morgan fingerprint density at radius 1 is 0.792 bits per heavy atom. The first-order chi connectivity index (χ1) is 11.2. The Balaban J connectivity index is 0.00000529. The summed E-state index contributed by atoms with van der Waals surface area (Å²) in [6.45, 7) is 0.0946. The Bertz CT molecular complexity index is 284. The maximum Gasteiger partial charge on any atom is 0.134 e. The minimum absolute atomic E-state index is 0. The van der Waals surface area contributed by atoms with Crippen molar-refractivity contribution in [3.63, 3.8) is 0 Å². The second-order valence-electron chi connectivity index (χ2n) is 6.89. The summed E-state index contributed by atoms with van der Waals surface area (Å²) in [5.74, 6) is 2.76. The second-order valence-corrected chi connectivity index (χ2v) is 9.19. The molecule has 0 aromatic heterocycles. The molecule has 1 unspecified atom stereocenters. The second kappa shape index (κ2) is 15.7. The summed E-state index contributed by atoms with van der Waals surface area (Å²) < 4.78 is 0. The summed E-state index contributed by atoms with van der Waals surface area (Å²) in [5, 5.41) is 37.4. The van der Waals surface area contributed by atoms with Crippen LogP contribution in [-0.2, 0) is 10.9 Å². The molecule has 1 fully saturated rings. The third-order valence-corrected chi connectivity index (χ3v) is 7.39. The molecule has 0 spiro atoms. The number of hydrogen-bond donors (Lipinski definition) is 4. The minimum atomic E-state index is -0.750. The van der Waals surface area contributed by atoms with Crippen LogP contribution in [0.1, 0.15) is 64.2 Å². The molecule has 0 amide bonds. The molecule has 0 aromatic rings. The quantitative estimate of drug-likeness (QED) is 0.225. The van der Waals surface area contributed by atoms with Gasteiger partial charge in [-0.25, -0.2) is 0 Å². The van der Waals surface area contributed by atoms with E-state index >= 15 is 0 Å². The molecular formula is C18H37ClO4S. The van der Waals surface area contributed by atoms with Crippen molar-refractivity contribution in [3.05, 3.63) is 0 Å². The average molecular weight is 385 g/mol. The highest BCUT2D eigenvalue weighted by Gasteiger charge is 2.43. The van der Waals surface area contributed by atoms with Crippen LogP contribution >= 0.6 is 0 Å².